The van der Waals surface area contributed by atoms with Gasteiger partial charge in [-0.05, 0) is 36.6 Å². The molecule has 0 atom stereocenters. The molecule has 1 saturated carbocycles. The highest BCUT2D eigenvalue weighted by Crippen LogP contribution is 2.38. The van der Waals surface area contributed by atoms with E-state index in [0.717, 1.165) is 25.7 Å². The maximum Gasteiger partial charge on any atom is 0.331 e. The third-order valence-electron chi connectivity index (χ3n) is 4.66. The van der Waals surface area contributed by atoms with E-state index in [1.165, 1.54) is 40.2 Å². The topological polar surface area (TPSA) is 83.1 Å². The zero-order chi connectivity index (χ0) is 20.4. The molecule has 0 saturated heterocycles. The maximum absolute atomic E-state index is 12.0. The van der Waals surface area contributed by atoms with Crippen LogP contribution < -0.4 is 19.5 Å². The highest BCUT2D eigenvalue weighted by molar-refractivity contribution is 5.89. The summed E-state index contributed by atoms with van der Waals surface area (Å²) < 4.78 is 20.9. The van der Waals surface area contributed by atoms with Crippen LogP contribution in [0.1, 0.15) is 44.1 Å². The quantitative estimate of drug-likeness (QED) is 0.417. The number of esters is 1. The lowest BCUT2D eigenvalue weighted by Gasteiger charge is -2.15. The number of carbonyl (C=O) groups excluding carboxylic acids is 2. The molecule has 0 unspecified atom stereocenters. The van der Waals surface area contributed by atoms with Crippen LogP contribution in [0.4, 0.5) is 0 Å². The fraction of sp³-hybridized carbons (Fsp3) is 0.524. The molecule has 28 heavy (non-hydrogen) atoms. The van der Waals surface area contributed by atoms with Crippen LogP contribution in [0, 0.1) is 0 Å². The molecule has 0 aliphatic heterocycles. The van der Waals surface area contributed by atoms with Crippen molar-refractivity contribution in [2.45, 2.75) is 44.6 Å². The number of ether oxygens (including phenoxy) is 4. The number of nitrogens with one attached hydrogen (secondary N) is 1. The van der Waals surface area contributed by atoms with E-state index in [1.807, 2.05) is 0 Å². The van der Waals surface area contributed by atoms with Gasteiger partial charge in [-0.15, -0.1) is 0 Å². The molecule has 1 aliphatic carbocycles. The van der Waals surface area contributed by atoms with Crippen molar-refractivity contribution in [1.29, 1.82) is 0 Å². The number of hydrogen-bond donors (Lipinski definition) is 1. The molecule has 1 amide bonds. The van der Waals surface area contributed by atoms with Gasteiger partial charge in [0.15, 0.2) is 18.1 Å². The van der Waals surface area contributed by atoms with Crippen LogP contribution in [-0.4, -0.2) is 45.9 Å². The van der Waals surface area contributed by atoms with E-state index in [-0.39, 0.29) is 18.6 Å². The molecule has 0 aromatic heterocycles. The van der Waals surface area contributed by atoms with Gasteiger partial charge in [0.05, 0.1) is 21.3 Å². The Morgan fingerprint density at radius 2 is 1.61 bits per heavy atom. The molecule has 1 aromatic rings. The number of amides is 1. The number of rotatable bonds is 8. The van der Waals surface area contributed by atoms with Crippen LogP contribution in [-0.2, 0) is 14.3 Å². The summed E-state index contributed by atoms with van der Waals surface area (Å²) in [6, 6.07) is 3.61. The molecule has 1 N–H and O–H groups in total. The lowest BCUT2D eigenvalue weighted by molar-refractivity contribution is -0.144. The Kier molecular flexibility index (Phi) is 8.65. The summed E-state index contributed by atoms with van der Waals surface area (Å²) in [5, 5.41) is 2.94. The maximum atomic E-state index is 12.0. The highest BCUT2D eigenvalue weighted by atomic mass is 16.5. The van der Waals surface area contributed by atoms with Crippen LogP contribution in [0.3, 0.4) is 0 Å². The van der Waals surface area contributed by atoms with Crippen molar-refractivity contribution in [2.24, 2.45) is 0 Å². The van der Waals surface area contributed by atoms with Gasteiger partial charge in [-0.25, -0.2) is 4.79 Å². The lowest BCUT2D eigenvalue weighted by atomic mass is 10.1. The minimum atomic E-state index is -0.593. The zero-order valence-electron chi connectivity index (χ0n) is 16.8. The Morgan fingerprint density at radius 3 is 2.14 bits per heavy atom. The number of benzene rings is 1. The molecule has 0 bridgehead atoms. The molecule has 154 valence electrons. The third-order valence-corrected chi connectivity index (χ3v) is 4.66. The first kappa shape index (κ1) is 21.6. The monoisotopic (exact) mass is 391 g/mol. The summed E-state index contributed by atoms with van der Waals surface area (Å²) in [4.78, 5) is 23.9. The van der Waals surface area contributed by atoms with Gasteiger partial charge in [0.1, 0.15) is 0 Å². The number of methoxy groups -OCH3 is 3. The lowest BCUT2D eigenvalue weighted by Crippen LogP contribution is -2.37. The summed E-state index contributed by atoms with van der Waals surface area (Å²) in [6.45, 7) is -0.283. The van der Waals surface area contributed by atoms with Gasteiger partial charge in [-0.2, -0.15) is 0 Å². The van der Waals surface area contributed by atoms with E-state index in [4.69, 9.17) is 18.9 Å². The smallest absolute Gasteiger partial charge is 0.331 e. The van der Waals surface area contributed by atoms with Crippen LogP contribution in [0.2, 0.25) is 0 Å². The van der Waals surface area contributed by atoms with Crippen molar-refractivity contribution >= 4 is 18.0 Å². The molecule has 7 heteroatoms. The van der Waals surface area contributed by atoms with Gasteiger partial charge >= 0.3 is 5.97 Å². The fourth-order valence-corrected chi connectivity index (χ4v) is 3.24. The minimum absolute atomic E-state index is 0.184. The van der Waals surface area contributed by atoms with Crippen LogP contribution >= 0.6 is 0 Å². The van der Waals surface area contributed by atoms with Gasteiger partial charge in [0.2, 0.25) is 5.75 Å². The Morgan fingerprint density at radius 1 is 1.00 bits per heavy atom. The predicted molar refractivity (Wildman–Crippen MR) is 106 cm³/mol. The van der Waals surface area contributed by atoms with Crippen molar-refractivity contribution < 1.29 is 28.5 Å². The van der Waals surface area contributed by atoms with Gasteiger partial charge in [-0.1, -0.05) is 25.7 Å². The summed E-state index contributed by atoms with van der Waals surface area (Å²) in [7, 11) is 4.56. The molecule has 0 heterocycles. The van der Waals surface area contributed by atoms with Crippen molar-refractivity contribution in [3.05, 3.63) is 23.8 Å². The van der Waals surface area contributed by atoms with Crippen molar-refractivity contribution in [1.82, 2.24) is 5.32 Å². The second-order valence-corrected chi connectivity index (χ2v) is 6.66. The molecule has 0 spiro atoms. The molecule has 0 radical (unpaired) electrons. The average molecular weight is 391 g/mol. The Balaban J connectivity index is 1.88. The Hall–Kier alpha value is -2.70. The molecule has 2 rings (SSSR count). The number of carbonyl (C=O) groups is 2. The fourth-order valence-electron chi connectivity index (χ4n) is 3.24. The predicted octanol–water partition coefficient (Wildman–Crippen LogP) is 3.11. The summed E-state index contributed by atoms with van der Waals surface area (Å²) in [5.41, 5.74) is 0.675. The second kappa shape index (κ2) is 11.2. The van der Waals surface area contributed by atoms with Crippen molar-refractivity contribution in [2.75, 3.05) is 27.9 Å². The molecule has 7 nitrogen and oxygen atoms in total. The normalized spacial score (nSPS) is 15.0. The molecule has 1 fully saturated rings. The zero-order valence-corrected chi connectivity index (χ0v) is 16.8. The average Bonchev–Trinajstić information content (AvgIpc) is 2.98. The first-order valence-electron chi connectivity index (χ1n) is 9.51. The third kappa shape index (κ3) is 6.48. The van der Waals surface area contributed by atoms with Gasteiger partial charge < -0.3 is 24.3 Å². The molecule has 1 aliphatic rings. The molecular weight excluding hydrogens is 362 g/mol. The highest BCUT2D eigenvalue weighted by Gasteiger charge is 2.15. The first-order valence-corrected chi connectivity index (χ1v) is 9.51. The van der Waals surface area contributed by atoms with Gasteiger partial charge in [-0.3, -0.25) is 4.79 Å². The van der Waals surface area contributed by atoms with E-state index in [9.17, 15) is 9.59 Å². The minimum Gasteiger partial charge on any atom is -0.493 e. The standard InChI is InChI=1S/C21H29NO6/c1-25-17-12-15(13-18(26-2)21(17)27-3)10-11-20(24)28-14-19(23)22-16-8-6-4-5-7-9-16/h10-13,16H,4-9,14H2,1-3H3,(H,22,23). The van der Waals surface area contributed by atoms with E-state index in [2.05, 4.69) is 5.32 Å². The van der Waals surface area contributed by atoms with Crippen molar-refractivity contribution in [3.63, 3.8) is 0 Å². The van der Waals surface area contributed by atoms with Crippen LogP contribution in [0.5, 0.6) is 17.2 Å². The Labute approximate surface area is 166 Å². The second-order valence-electron chi connectivity index (χ2n) is 6.66. The van der Waals surface area contributed by atoms with Crippen LogP contribution in [0.25, 0.3) is 6.08 Å². The van der Waals surface area contributed by atoms with Gasteiger partial charge in [0.25, 0.3) is 5.91 Å². The van der Waals surface area contributed by atoms with E-state index >= 15 is 0 Å². The largest absolute Gasteiger partial charge is 0.493 e. The van der Waals surface area contributed by atoms with E-state index < -0.39 is 5.97 Å². The molecular formula is C21H29NO6. The van der Waals surface area contributed by atoms with E-state index in [0.29, 0.717) is 22.8 Å². The SMILES string of the molecule is COc1cc(C=CC(=O)OCC(=O)NC2CCCCCC2)cc(OC)c1OC. The van der Waals surface area contributed by atoms with Crippen LogP contribution in [0.15, 0.2) is 18.2 Å². The number of hydrogen-bond acceptors (Lipinski definition) is 6. The first-order chi connectivity index (χ1) is 13.6. The van der Waals surface area contributed by atoms with Crippen molar-refractivity contribution in [3.8, 4) is 17.2 Å². The summed E-state index contributed by atoms with van der Waals surface area (Å²) >= 11 is 0. The van der Waals surface area contributed by atoms with E-state index in [1.54, 1.807) is 18.2 Å². The summed E-state index contributed by atoms with van der Waals surface area (Å²) in [6.07, 6.45) is 9.49. The summed E-state index contributed by atoms with van der Waals surface area (Å²) in [5.74, 6) is 0.585. The Bertz CT molecular complexity index is 667. The molecule has 1 aromatic carbocycles. The van der Waals surface area contributed by atoms with Gasteiger partial charge in [0, 0.05) is 12.1 Å².